The van der Waals surface area contributed by atoms with Crippen molar-refractivity contribution < 1.29 is 9.84 Å². The average molecular weight is 341 g/mol. The highest BCUT2D eigenvalue weighted by molar-refractivity contribution is 6.35. The van der Waals surface area contributed by atoms with Gasteiger partial charge in [-0.15, -0.1) is 0 Å². The quantitative estimate of drug-likeness (QED) is 0.829. The van der Waals surface area contributed by atoms with E-state index in [1.807, 2.05) is 13.8 Å². The molecule has 0 unspecified atom stereocenters. The summed E-state index contributed by atoms with van der Waals surface area (Å²) in [6, 6.07) is 8.93. The van der Waals surface area contributed by atoms with Gasteiger partial charge in [0.1, 0.15) is 18.2 Å². The van der Waals surface area contributed by atoms with Crippen molar-refractivity contribution in [1.82, 2.24) is 4.98 Å². The smallest absolute Gasteiger partial charge is 0.138 e. The first kappa shape index (κ1) is 16.9. The van der Waals surface area contributed by atoms with E-state index in [-0.39, 0.29) is 13.2 Å². The number of benzene rings is 1. The van der Waals surface area contributed by atoms with Crippen molar-refractivity contribution in [2.75, 3.05) is 11.9 Å². The fourth-order valence-electron chi connectivity index (χ4n) is 1.75. The van der Waals surface area contributed by atoms with Crippen molar-refractivity contribution >= 4 is 29.0 Å². The summed E-state index contributed by atoms with van der Waals surface area (Å²) < 4.78 is 5.66. The van der Waals surface area contributed by atoms with Gasteiger partial charge in [0, 0.05) is 15.6 Å². The summed E-state index contributed by atoms with van der Waals surface area (Å²) in [5, 5.41) is 13.5. The van der Waals surface area contributed by atoms with E-state index in [0.717, 1.165) is 5.56 Å². The molecule has 0 saturated carbocycles. The Labute approximate surface area is 140 Å². The predicted molar refractivity (Wildman–Crippen MR) is 89.8 cm³/mol. The Morgan fingerprint density at radius 1 is 1.18 bits per heavy atom. The van der Waals surface area contributed by atoms with Crippen LogP contribution in [0.3, 0.4) is 0 Å². The highest BCUT2D eigenvalue weighted by Gasteiger charge is 2.16. The second-order valence-electron chi connectivity index (χ2n) is 5.54. The van der Waals surface area contributed by atoms with Gasteiger partial charge in [-0.1, -0.05) is 29.3 Å². The normalized spacial score (nSPS) is 11.3. The molecule has 0 aliphatic heterocycles. The van der Waals surface area contributed by atoms with Crippen LogP contribution in [0.1, 0.15) is 19.4 Å². The number of aliphatic hydroxyl groups is 1. The lowest BCUT2D eigenvalue weighted by molar-refractivity contribution is 0.234. The molecular formula is C16H18Cl2N2O2. The van der Waals surface area contributed by atoms with E-state index < -0.39 is 5.54 Å². The van der Waals surface area contributed by atoms with Crippen LogP contribution < -0.4 is 10.1 Å². The molecular weight excluding hydrogens is 323 g/mol. The Morgan fingerprint density at radius 2 is 1.86 bits per heavy atom. The minimum Gasteiger partial charge on any atom is -0.487 e. The van der Waals surface area contributed by atoms with Crippen LogP contribution in [-0.2, 0) is 6.61 Å². The fraction of sp³-hybridized carbons (Fsp3) is 0.312. The van der Waals surface area contributed by atoms with Crippen LogP contribution in [0.15, 0.2) is 36.5 Å². The first-order valence-electron chi connectivity index (χ1n) is 6.82. The molecule has 2 N–H and O–H groups in total. The maximum absolute atomic E-state index is 9.23. The van der Waals surface area contributed by atoms with Gasteiger partial charge in [-0.05, 0) is 38.1 Å². The third-order valence-electron chi connectivity index (χ3n) is 3.04. The van der Waals surface area contributed by atoms with Gasteiger partial charge in [0.05, 0.1) is 18.3 Å². The molecule has 4 nitrogen and oxygen atoms in total. The first-order chi connectivity index (χ1) is 10.4. The van der Waals surface area contributed by atoms with E-state index >= 15 is 0 Å². The molecule has 118 valence electrons. The van der Waals surface area contributed by atoms with E-state index in [0.29, 0.717) is 21.6 Å². The largest absolute Gasteiger partial charge is 0.487 e. The molecule has 0 aliphatic rings. The van der Waals surface area contributed by atoms with Crippen molar-refractivity contribution in [2.24, 2.45) is 0 Å². The number of anilines is 1. The van der Waals surface area contributed by atoms with Gasteiger partial charge in [0.15, 0.2) is 0 Å². The molecule has 22 heavy (non-hydrogen) atoms. The summed E-state index contributed by atoms with van der Waals surface area (Å²) in [4.78, 5) is 4.26. The Balaban J connectivity index is 2.00. The standard InChI is InChI=1S/C16H18Cl2N2O2/c1-16(2,10-21)20-15-7-6-11(8-19-15)22-9-12-13(17)4-3-5-14(12)18/h3-8,21H,9-10H2,1-2H3,(H,19,20). The highest BCUT2D eigenvalue weighted by Crippen LogP contribution is 2.26. The van der Waals surface area contributed by atoms with E-state index in [1.165, 1.54) is 0 Å². The maximum atomic E-state index is 9.23. The summed E-state index contributed by atoms with van der Waals surface area (Å²) in [6.07, 6.45) is 1.61. The average Bonchev–Trinajstić information content (AvgIpc) is 2.48. The highest BCUT2D eigenvalue weighted by atomic mass is 35.5. The van der Waals surface area contributed by atoms with E-state index in [1.54, 1.807) is 36.5 Å². The summed E-state index contributed by atoms with van der Waals surface area (Å²) in [5.74, 6) is 1.28. The minimum atomic E-state index is -0.430. The third kappa shape index (κ3) is 4.50. The first-order valence-corrected chi connectivity index (χ1v) is 7.58. The summed E-state index contributed by atoms with van der Waals surface area (Å²) in [5.41, 5.74) is 0.315. The van der Waals surface area contributed by atoms with E-state index in [4.69, 9.17) is 27.9 Å². The number of aliphatic hydroxyl groups excluding tert-OH is 1. The molecule has 0 saturated heterocycles. The van der Waals surface area contributed by atoms with E-state index in [9.17, 15) is 5.11 Å². The van der Waals surface area contributed by atoms with Gasteiger partial charge in [0.2, 0.25) is 0 Å². The Kier molecular flexibility index (Phi) is 5.51. The molecule has 6 heteroatoms. The lowest BCUT2D eigenvalue weighted by Crippen LogP contribution is -2.35. The SMILES string of the molecule is CC(C)(CO)Nc1ccc(OCc2c(Cl)cccc2Cl)cn1. The zero-order valence-corrected chi connectivity index (χ0v) is 13.9. The van der Waals surface area contributed by atoms with Crippen LogP contribution in [0.4, 0.5) is 5.82 Å². The number of hydrogen-bond acceptors (Lipinski definition) is 4. The zero-order valence-electron chi connectivity index (χ0n) is 12.4. The molecule has 0 amide bonds. The predicted octanol–water partition coefficient (Wildman–Crippen LogP) is 4.15. The zero-order chi connectivity index (χ0) is 16.2. The van der Waals surface area contributed by atoms with Crippen LogP contribution in [0, 0.1) is 0 Å². The van der Waals surface area contributed by atoms with Crippen LogP contribution in [0.2, 0.25) is 10.0 Å². The number of nitrogens with zero attached hydrogens (tertiary/aromatic N) is 1. The number of halogens is 2. The monoisotopic (exact) mass is 340 g/mol. The van der Waals surface area contributed by atoms with Crippen molar-refractivity contribution in [1.29, 1.82) is 0 Å². The van der Waals surface area contributed by atoms with Gasteiger partial charge in [-0.2, -0.15) is 0 Å². The molecule has 0 aliphatic carbocycles. The van der Waals surface area contributed by atoms with Crippen LogP contribution >= 0.6 is 23.2 Å². The number of nitrogens with one attached hydrogen (secondary N) is 1. The van der Waals surface area contributed by atoms with Crippen molar-refractivity contribution in [3.8, 4) is 5.75 Å². The Bertz CT molecular complexity index is 610. The van der Waals surface area contributed by atoms with Crippen molar-refractivity contribution in [3.63, 3.8) is 0 Å². The van der Waals surface area contributed by atoms with Crippen LogP contribution in [0.5, 0.6) is 5.75 Å². The van der Waals surface area contributed by atoms with Crippen molar-refractivity contribution in [3.05, 3.63) is 52.1 Å². The third-order valence-corrected chi connectivity index (χ3v) is 3.75. The maximum Gasteiger partial charge on any atom is 0.138 e. The number of pyridine rings is 1. The second kappa shape index (κ2) is 7.18. The number of ether oxygens (including phenoxy) is 1. The Morgan fingerprint density at radius 3 is 2.41 bits per heavy atom. The van der Waals surface area contributed by atoms with Crippen LogP contribution in [0.25, 0.3) is 0 Å². The number of aromatic nitrogens is 1. The van der Waals surface area contributed by atoms with Crippen LogP contribution in [-0.4, -0.2) is 22.2 Å². The van der Waals surface area contributed by atoms with Gasteiger partial charge in [-0.3, -0.25) is 0 Å². The van der Waals surface area contributed by atoms with Gasteiger partial charge in [-0.25, -0.2) is 4.98 Å². The molecule has 0 spiro atoms. The van der Waals surface area contributed by atoms with Gasteiger partial charge in [0.25, 0.3) is 0 Å². The molecule has 2 rings (SSSR count). The molecule has 0 atom stereocenters. The summed E-state index contributed by atoms with van der Waals surface area (Å²) >= 11 is 12.2. The molecule has 0 fully saturated rings. The molecule has 0 bridgehead atoms. The number of rotatable bonds is 6. The number of hydrogen-bond donors (Lipinski definition) is 2. The fourth-order valence-corrected chi connectivity index (χ4v) is 2.26. The van der Waals surface area contributed by atoms with Gasteiger partial charge >= 0.3 is 0 Å². The summed E-state index contributed by atoms with van der Waals surface area (Å²) in [7, 11) is 0. The van der Waals surface area contributed by atoms with Gasteiger partial charge < -0.3 is 15.2 Å². The lowest BCUT2D eigenvalue weighted by atomic mass is 10.1. The molecule has 1 aromatic carbocycles. The molecule has 1 heterocycles. The minimum absolute atomic E-state index is 0.0118. The Hall–Kier alpha value is -1.49. The van der Waals surface area contributed by atoms with Crippen molar-refractivity contribution in [2.45, 2.75) is 26.0 Å². The summed E-state index contributed by atoms with van der Waals surface area (Å²) in [6.45, 7) is 4.06. The topological polar surface area (TPSA) is 54.4 Å². The molecule has 0 radical (unpaired) electrons. The lowest BCUT2D eigenvalue weighted by Gasteiger charge is -2.24. The molecule has 2 aromatic rings. The van der Waals surface area contributed by atoms with E-state index in [2.05, 4.69) is 10.3 Å². The second-order valence-corrected chi connectivity index (χ2v) is 6.35. The molecule has 1 aromatic heterocycles.